The molecule has 3 aliphatic carbocycles. The second kappa shape index (κ2) is 15.3. The Kier molecular flexibility index (Phi) is 11.8. The highest BCUT2D eigenvalue weighted by Gasteiger charge is 2.87. The molecule has 0 aromatic carbocycles. The van der Waals surface area contributed by atoms with E-state index in [1.165, 1.54) is 32.1 Å². The van der Waals surface area contributed by atoms with Crippen LogP contribution in [0.25, 0.3) is 0 Å². The molecule has 5 aliphatic rings. The zero-order chi connectivity index (χ0) is 33.1. The van der Waals surface area contributed by atoms with E-state index in [9.17, 15) is 24.6 Å². The molecule has 2 saturated heterocycles. The minimum atomic E-state index is -2.01. The maximum absolute atomic E-state index is 14.6. The Labute approximate surface area is 275 Å². The summed E-state index contributed by atoms with van der Waals surface area (Å²) >= 11 is 0. The second-order valence-electron chi connectivity index (χ2n) is 16.0. The molecule has 6 N–H and O–H groups in total. The molecule has 46 heavy (non-hydrogen) atoms. The van der Waals surface area contributed by atoms with Gasteiger partial charge in [-0.05, 0) is 87.5 Å². The van der Waals surface area contributed by atoms with Gasteiger partial charge in [0.15, 0.2) is 17.2 Å². The Balaban J connectivity index is 1.35. The molecule has 0 aromatic rings. The molecule has 0 bridgehead atoms. The third kappa shape index (κ3) is 7.34. The van der Waals surface area contributed by atoms with Crippen molar-refractivity contribution in [3.63, 3.8) is 0 Å². The van der Waals surface area contributed by atoms with Crippen LogP contribution in [-0.2, 0) is 23.9 Å². The number of ether oxygens (including phenoxy) is 2. The van der Waals surface area contributed by atoms with Gasteiger partial charge in [-0.3, -0.25) is 15.3 Å². The molecule has 5 rings (SSSR count). The zero-order valence-corrected chi connectivity index (χ0v) is 28.6. The van der Waals surface area contributed by atoms with Crippen LogP contribution in [0.5, 0.6) is 0 Å². The summed E-state index contributed by atoms with van der Waals surface area (Å²) < 4.78 is 11.9. The van der Waals surface area contributed by atoms with Crippen molar-refractivity contribution in [2.75, 3.05) is 19.8 Å². The van der Waals surface area contributed by atoms with Gasteiger partial charge >= 0.3 is 5.97 Å². The molecular formula is C37H61N2O7+. The topological polar surface area (TPSA) is 156 Å². The van der Waals surface area contributed by atoms with Crippen LogP contribution >= 0.6 is 0 Å². The Bertz CT molecular complexity index is 1130. The smallest absolute Gasteiger partial charge is 0.350 e. The van der Waals surface area contributed by atoms with Gasteiger partial charge in [0, 0.05) is 24.7 Å². The van der Waals surface area contributed by atoms with E-state index in [1.807, 2.05) is 6.92 Å². The highest BCUT2D eigenvalue weighted by atomic mass is 16.7. The number of aliphatic hydroxyl groups excluding tert-OH is 2. The lowest BCUT2D eigenvalue weighted by atomic mass is 9.56. The van der Waals surface area contributed by atoms with Crippen molar-refractivity contribution in [3.05, 3.63) is 11.1 Å². The molecule has 2 aliphatic heterocycles. The Hall–Kier alpha value is -1.65. The van der Waals surface area contributed by atoms with Crippen LogP contribution < -0.4 is 11.1 Å². The first-order valence-corrected chi connectivity index (χ1v) is 18.5. The second-order valence-corrected chi connectivity index (χ2v) is 16.0. The first kappa shape index (κ1) is 35.7. The number of nitrogens with two attached hydrogens (primary N) is 2. The summed E-state index contributed by atoms with van der Waals surface area (Å²) in [6, 6.07) is 0. The lowest BCUT2D eigenvalue weighted by molar-refractivity contribution is -0.699. The fourth-order valence-corrected chi connectivity index (χ4v) is 9.55. The summed E-state index contributed by atoms with van der Waals surface area (Å²) in [5, 5.41) is 23.5. The number of carbonyl (C=O) groups excluding carboxylic acids is 3. The molecular weight excluding hydrogens is 584 g/mol. The van der Waals surface area contributed by atoms with Gasteiger partial charge in [-0.15, -0.1) is 0 Å². The molecule has 0 aromatic heterocycles. The number of hydrogen-bond acceptors (Lipinski definition) is 8. The molecule has 260 valence electrons. The molecule has 0 spiro atoms. The van der Waals surface area contributed by atoms with Gasteiger partial charge in [0.2, 0.25) is 0 Å². The van der Waals surface area contributed by atoms with E-state index in [-0.39, 0.29) is 43.3 Å². The van der Waals surface area contributed by atoms with Crippen molar-refractivity contribution < 1.29 is 39.4 Å². The fraction of sp³-hybridized carbons (Fsp3) is 0.865. The molecule has 8 unspecified atom stereocenters. The summed E-state index contributed by atoms with van der Waals surface area (Å²) in [5.41, 5.74) is 4.13. The number of quaternary nitrogens is 1. The predicted octanol–water partition coefficient (Wildman–Crippen LogP) is 3.73. The van der Waals surface area contributed by atoms with E-state index in [4.69, 9.17) is 15.2 Å². The minimum Gasteiger partial charge on any atom is -0.460 e. The molecule has 5 fully saturated rings. The van der Waals surface area contributed by atoms with Crippen molar-refractivity contribution in [3.8, 4) is 0 Å². The Morgan fingerprint density at radius 2 is 1.80 bits per heavy atom. The van der Waals surface area contributed by atoms with Crippen LogP contribution in [0.1, 0.15) is 124 Å². The molecule has 8 atom stereocenters. The summed E-state index contributed by atoms with van der Waals surface area (Å²) in [7, 11) is 0. The quantitative estimate of drug-likeness (QED) is 0.0964. The summed E-state index contributed by atoms with van der Waals surface area (Å²) in [5.74, 6) is -0.969. The zero-order valence-electron chi connectivity index (χ0n) is 28.6. The number of carbonyl (C=O) groups is 3. The van der Waals surface area contributed by atoms with Crippen LogP contribution in [0, 0.1) is 35.5 Å². The summed E-state index contributed by atoms with van der Waals surface area (Å²) in [4.78, 5) is 43.1. The van der Waals surface area contributed by atoms with Crippen LogP contribution in [0.15, 0.2) is 11.1 Å². The van der Waals surface area contributed by atoms with E-state index in [0.29, 0.717) is 36.2 Å². The number of aliphatic hydroxyl groups is 2. The van der Waals surface area contributed by atoms with Gasteiger partial charge in [0.05, 0.1) is 19.3 Å². The number of Topliss-reactive ketones (excluding diaryl/α,β-unsaturated/α-hetero) is 2. The number of ketones is 2. The van der Waals surface area contributed by atoms with Crippen LogP contribution in [0.2, 0.25) is 0 Å². The van der Waals surface area contributed by atoms with E-state index >= 15 is 0 Å². The number of esters is 1. The van der Waals surface area contributed by atoms with Crippen LogP contribution in [0.4, 0.5) is 0 Å². The van der Waals surface area contributed by atoms with Crippen molar-refractivity contribution in [2.24, 2.45) is 41.2 Å². The molecule has 0 amide bonds. The van der Waals surface area contributed by atoms with Gasteiger partial charge in [0.1, 0.15) is 12.8 Å². The van der Waals surface area contributed by atoms with Gasteiger partial charge in [-0.25, -0.2) is 4.79 Å². The summed E-state index contributed by atoms with van der Waals surface area (Å²) in [6.07, 6.45) is 13.6. The number of hydrogen-bond donors (Lipinski definition) is 4. The van der Waals surface area contributed by atoms with E-state index < -0.39 is 35.1 Å². The van der Waals surface area contributed by atoms with Gasteiger partial charge in [-0.2, -0.15) is 0 Å². The van der Waals surface area contributed by atoms with Crippen molar-refractivity contribution in [1.29, 1.82) is 0 Å². The third-order valence-corrected chi connectivity index (χ3v) is 12.2. The Morgan fingerprint density at radius 1 is 1.04 bits per heavy atom. The van der Waals surface area contributed by atoms with Gasteiger partial charge < -0.3 is 25.0 Å². The lowest BCUT2D eigenvalue weighted by Crippen LogP contribution is -2.94. The number of epoxide rings is 1. The molecule has 0 radical (unpaired) electrons. The number of allylic oxidation sites excluding steroid dienone is 1. The number of fused-ring (bicyclic) bond motifs is 2. The van der Waals surface area contributed by atoms with E-state index in [0.717, 1.165) is 63.5 Å². The standard InChI is InChI=1S/C37H60N2O7/c1-23(2)18-27-10-7-11-30-32(27)34(43)37(35(44)45-22-29(41)15-14-25-8-5-4-6-9-25)36(46-37,33(30)42)20-28(21-40)24(3)12-13-26-16-17-39-31(38)19-26/h23,25-27,29-32,39-41H,4-22,38H2,1-3H3/p+1. The highest BCUT2D eigenvalue weighted by molar-refractivity contribution is 6.23. The van der Waals surface area contributed by atoms with Crippen LogP contribution in [-0.4, -0.2) is 71.0 Å². The molecule has 9 nitrogen and oxygen atoms in total. The van der Waals surface area contributed by atoms with Gasteiger partial charge in [-0.1, -0.05) is 57.9 Å². The SMILES string of the molecule is CC(CCC1CC[NH2+]C(N)C1)=C(CO)CC12OC1(C(=O)OCC(O)CCC1CCCCC1)C(=O)C1C(CC(C)C)CCCC1C2=O. The minimum absolute atomic E-state index is 0.00919. The third-order valence-electron chi connectivity index (χ3n) is 12.2. The first-order valence-electron chi connectivity index (χ1n) is 18.5. The predicted molar refractivity (Wildman–Crippen MR) is 174 cm³/mol. The van der Waals surface area contributed by atoms with Crippen molar-refractivity contribution in [2.45, 2.75) is 147 Å². The van der Waals surface area contributed by atoms with Crippen LogP contribution in [0.3, 0.4) is 0 Å². The molecule has 3 saturated carbocycles. The first-order chi connectivity index (χ1) is 22.0. The largest absolute Gasteiger partial charge is 0.460 e. The van der Waals surface area contributed by atoms with Crippen molar-refractivity contribution >= 4 is 17.5 Å². The lowest BCUT2D eigenvalue weighted by Gasteiger charge is -2.42. The molecule has 2 heterocycles. The number of piperidine rings is 1. The maximum atomic E-state index is 14.6. The fourth-order valence-electron chi connectivity index (χ4n) is 9.55. The summed E-state index contributed by atoms with van der Waals surface area (Å²) in [6.45, 7) is 6.73. The van der Waals surface area contributed by atoms with Gasteiger partial charge in [0.25, 0.3) is 5.60 Å². The maximum Gasteiger partial charge on any atom is 0.350 e. The average molecular weight is 646 g/mol. The highest BCUT2D eigenvalue weighted by Crippen LogP contribution is 2.63. The monoisotopic (exact) mass is 645 g/mol. The van der Waals surface area contributed by atoms with E-state index in [2.05, 4.69) is 19.2 Å². The van der Waals surface area contributed by atoms with Crippen molar-refractivity contribution in [1.82, 2.24) is 0 Å². The van der Waals surface area contributed by atoms with E-state index in [1.54, 1.807) is 0 Å². The number of rotatable bonds is 14. The Morgan fingerprint density at radius 3 is 2.50 bits per heavy atom. The average Bonchev–Trinajstić information content (AvgIpc) is 3.75. The normalized spacial score (nSPS) is 36.1. The molecule has 9 heteroatoms.